The summed E-state index contributed by atoms with van der Waals surface area (Å²) in [7, 11) is 0. The summed E-state index contributed by atoms with van der Waals surface area (Å²) in [4.78, 5) is 23.3. The van der Waals surface area contributed by atoms with Crippen LogP contribution >= 0.6 is 0 Å². The van der Waals surface area contributed by atoms with Crippen molar-refractivity contribution in [2.45, 2.75) is 60.0 Å². The van der Waals surface area contributed by atoms with Crippen molar-refractivity contribution in [1.29, 1.82) is 0 Å². The van der Waals surface area contributed by atoms with Crippen LogP contribution in [0, 0.1) is 12.3 Å². The second-order valence-electron chi connectivity index (χ2n) is 7.19. The standard InChI is InChI=1S/C19H29NO4/c1-12(2)15-8-7-13(3)11-16(15)24-14(4)17(21)20-10-9-19(5,6)18(22)23/h7-8,11-12,14H,9-10H2,1-6H3,(H,20,21)(H,22,23). The fraction of sp³-hybridized carbons (Fsp3) is 0.579. The summed E-state index contributed by atoms with van der Waals surface area (Å²) < 4.78 is 5.85. The Kier molecular flexibility index (Phi) is 6.81. The first-order chi connectivity index (χ1) is 11.0. The van der Waals surface area contributed by atoms with Gasteiger partial charge in [0.05, 0.1) is 5.41 Å². The molecule has 2 N–H and O–H groups in total. The van der Waals surface area contributed by atoms with Gasteiger partial charge in [0.2, 0.25) is 0 Å². The van der Waals surface area contributed by atoms with Crippen LogP contribution in [-0.2, 0) is 9.59 Å². The van der Waals surface area contributed by atoms with Gasteiger partial charge in [-0.1, -0.05) is 26.0 Å². The molecule has 5 heteroatoms. The van der Waals surface area contributed by atoms with Crippen molar-refractivity contribution in [2.24, 2.45) is 5.41 Å². The highest BCUT2D eigenvalue weighted by molar-refractivity contribution is 5.81. The highest BCUT2D eigenvalue weighted by atomic mass is 16.5. The van der Waals surface area contributed by atoms with E-state index in [-0.39, 0.29) is 5.91 Å². The first-order valence-electron chi connectivity index (χ1n) is 8.33. The van der Waals surface area contributed by atoms with Crippen LogP contribution in [-0.4, -0.2) is 29.6 Å². The van der Waals surface area contributed by atoms with Crippen LogP contribution in [0.15, 0.2) is 18.2 Å². The van der Waals surface area contributed by atoms with Gasteiger partial charge in [-0.3, -0.25) is 9.59 Å². The smallest absolute Gasteiger partial charge is 0.309 e. The van der Waals surface area contributed by atoms with E-state index in [1.807, 2.05) is 25.1 Å². The van der Waals surface area contributed by atoms with Gasteiger partial charge >= 0.3 is 5.97 Å². The minimum Gasteiger partial charge on any atom is -0.481 e. The molecule has 134 valence electrons. The van der Waals surface area contributed by atoms with Crippen molar-refractivity contribution in [3.8, 4) is 5.75 Å². The molecule has 0 aromatic heterocycles. The quantitative estimate of drug-likeness (QED) is 0.762. The molecule has 0 aliphatic carbocycles. The van der Waals surface area contributed by atoms with Crippen molar-refractivity contribution >= 4 is 11.9 Å². The van der Waals surface area contributed by atoms with Gasteiger partial charge in [-0.2, -0.15) is 0 Å². The average molecular weight is 335 g/mol. The molecule has 1 atom stereocenters. The van der Waals surface area contributed by atoms with Crippen LogP contribution in [0.2, 0.25) is 0 Å². The number of carbonyl (C=O) groups excluding carboxylic acids is 1. The van der Waals surface area contributed by atoms with Gasteiger partial charge in [0.15, 0.2) is 6.10 Å². The summed E-state index contributed by atoms with van der Waals surface area (Å²) in [5, 5.41) is 11.8. The third-order valence-electron chi connectivity index (χ3n) is 4.09. The molecular weight excluding hydrogens is 306 g/mol. The summed E-state index contributed by atoms with van der Waals surface area (Å²) in [5.74, 6) is -0.0967. The number of carboxylic acids is 1. The number of hydrogen-bond donors (Lipinski definition) is 2. The lowest BCUT2D eigenvalue weighted by atomic mass is 9.90. The number of benzene rings is 1. The minimum absolute atomic E-state index is 0.243. The predicted molar refractivity (Wildman–Crippen MR) is 94.4 cm³/mol. The molecule has 24 heavy (non-hydrogen) atoms. The summed E-state index contributed by atoms with van der Waals surface area (Å²) in [6.07, 6.45) is -0.278. The third-order valence-corrected chi connectivity index (χ3v) is 4.09. The van der Waals surface area contributed by atoms with E-state index < -0.39 is 17.5 Å². The van der Waals surface area contributed by atoms with E-state index in [0.717, 1.165) is 16.9 Å². The number of aryl methyl sites for hydroxylation is 1. The minimum atomic E-state index is -0.873. The van der Waals surface area contributed by atoms with Gasteiger partial charge in [-0.25, -0.2) is 0 Å². The largest absolute Gasteiger partial charge is 0.481 e. The molecule has 1 aromatic rings. The number of ether oxygens (including phenoxy) is 1. The molecular formula is C19H29NO4. The zero-order valence-electron chi connectivity index (χ0n) is 15.5. The van der Waals surface area contributed by atoms with E-state index in [4.69, 9.17) is 9.84 Å². The van der Waals surface area contributed by atoms with Crippen molar-refractivity contribution < 1.29 is 19.4 Å². The second-order valence-corrected chi connectivity index (χ2v) is 7.19. The molecule has 0 heterocycles. The molecule has 5 nitrogen and oxygen atoms in total. The van der Waals surface area contributed by atoms with Gasteiger partial charge in [0, 0.05) is 6.54 Å². The highest BCUT2D eigenvalue weighted by Crippen LogP contribution is 2.28. The molecule has 0 fully saturated rings. The van der Waals surface area contributed by atoms with Crippen LogP contribution in [0.1, 0.15) is 58.1 Å². The Morgan fingerprint density at radius 1 is 1.25 bits per heavy atom. The number of nitrogens with one attached hydrogen (secondary N) is 1. The number of aliphatic carboxylic acids is 1. The number of carbonyl (C=O) groups is 2. The number of carboxylic acid groups (broad SMARTS) is 1. The first-order valence-corrected chi connectivity index (χ1v) is 8.33. The fourth-order valence-corrected chi connectivity index (χ4v) is 2.21. The molecule has 1 unspecified atom stereocenters. The van der Waals surface area contributed by atoms with E-state index in [0.29, 0.717) is 18.9 Å². The maximum Gasteiger partial charge on any atom is 0.309 e. The molecule has 0 saturated heterocycles. The van der Waals surface area contributed by atoms with Gasteiger partial charge < -0.3 is 15.2 Å². The molecule has 1 amide bonds. The number of rotatable bonds is 8. The van der Waals surface area contributed by atoms with Crippen LogP contribution in [0.3, 0.4) is 0 Å². The van der Waals surface area contributed by atoms with Crippen LogP contribution in [0.4, 0.5) is 0 Å². The lowest BCUT2D eigenvalue weighted by Crippen LogP contribution is -2.39. The van der Waals surface area contributed by atoms with Gasteiger partial charge in [-0.05, 0) is 57.2 Å². The van der Waals surface area contributed by atoms with Gasteiger partial charge in [0.1, 0.15) is 5.75 Å². The van der Waals surface area contributed by atoms with E-state index in [2.05, 4.69) is 19.2 Å². The molecule has 0 spiro atoms. The Hall–Kier alpha value is -2.04. The van der Waals surface area contributed by atoms with E-state index in [9.17, 15) is 9.59 Å². The van der Waals surface area contributed by atoms with Crippen molar-refractivity contribution in [1.82, 2.24) is 5.32 Å². The van der Waals surface area contributed by atoms with Gasteiger partial charge in [0.25, 0.3) is 5.91 Å². The summed E-state index contributed by atoms with van der Waals surface area (Å²) in [6, 6.07) is 5.99. The topological polar surface area (TPSA) is 75.6 Å². The molecule has 0 aliphatic rings. The summed E-state index contributed by atoms with van der Waals surface area (Å²) in [6.45, 7) is 11.4. The number of amides is 1. The first kappa shape index (κ1) is 20.0. The maximum atomic E-state index is 12.2. The SMILES string of the molecule is Cc1ccc(C(C)C)c(OC(C)C(=O)NCCC(C)(C)C(=O)O)c1. The monoisotopic (exact) mass is 335 g/mol. The Balaban J connectivity index is 2.65. The maximum absolute atomic E-state index is 12.2. The van der Waals surface area contributed by atoms with Crippen LogP contribution in [0.25, 0.3) is 0 Å². The fourth-order valence-electron chi connectivity index (χ4n) is 2.21. The third kappa shape index (κ3) is 5.55. The van der Waals surface area contributed by atoms with Crippen LogP contribution < -0.4 is 10.1 Å². The Morgan fingerprint density at radius 2 is 1.88 bits per heavy atom. The van der Waals surface area contributed by atoms with Crippen molar-refractivity contribution in [2.75, 3.05) is 6.54 Å². The molecule has 0 radical (unpaired) electrons. The second kappa shape index (κ2) is 8.18. The Labute approximate surface area is 144 Å². The summed E-state index contributed by atoms with van der Waals surface area (Å²) in [5.41, 5.74) is 1.27. The zero-order chi connectivity index (χ0) is 18.5. The molecule has 1 rings (SSSR count). The van der Waals surface area contributed by atoms with Crippen molar-refractivity contribution in [3.63, 3.8) is 0 Å². The van der Waals surface area contributed by atoms with E-state index in [1.54, 1.807) is 20.8 Å². The van der Waals surface area contributed by atoms with Gasteiger partial charge in [-0.15, -0.1) is 0 Å². The lowest BCUT2D eigenvalue weighted by molar-refractivity contribution is -0.147. The van der Waals surface area contributed by atoms with E-state index >= 15 is 0 Å². The zero-order valence-corrected chi connectivity index (χ0v) is 15.5. The average Bonchev–Trinajstić information content (AvgIpc) is 2.46. The lowest BCUT2D eigenvalue weighted by Gasteiger charge is -2.21. The predicted octanol–water partition coefficient (Wildman–Crippen LogP) is 3.50. The normalized spacial score (nSPS) is 12.8. The van der Waals surface area contributed by atoms with E-state index in [1.165, 1.54) is 0 Å². The Bertz CT molecular complexity index is 593. The number of hydrogen-bond acceptors (Lipinski definition) is 3. The summed E-state index contributed by atoms with van der Waals surface area (Å²) >= 11 is 0. The molecule has 0 bridgehead atoms. The molecule has 0 saturated carbocycles. The van der Waals surface area contributed by atoms with Crippen LogP contribution in [0.5, 0.6) is 5.75 Å². The highest BCUT2D eigenvalue weighted by Gasteiger charge is 2.27. The molecule has 1 aromatic carbocycles. The molecule has 0 aliphatic heterocycles. The Morgan fingerprint density at radius 3 is 2.42 bits per heavy atom. The van der Waals surface area contributed by atoms with Crippen molar-refractivity contribution in [3.05, 3.63) is 29.3 Å².